The standard InChI is InChI=1S/C26H27FN4OS/c1-18(2)13-15-29-25(32)20-11-9-19(10-12-20)17-33-26-30-23-8-5-14-28-24(23)31(26)16-21-6-3-4-7-22(21)27/h3-12,14,18H,13,15-17H2,1-2H3,(H,29,32). The Hall–Kier alpha value is -3.19. The van der Waals surface area contributed by atoms with E-state index < -0.39 is 0 Å². The van der Waals surface area contributed by atoms with Gasteiger partial charge in [0.15, 0.2) is 10.8 Å². The van der Waals surface area contributed by atoms with Crippen LogP contribution in [0.1, 0.15) is 41.8 Å². The van der Waals surface area contributed by atoms with Gasteiger partial charge in [-0.05, 0) is 48.2 Å². The Morgan fingerprint density at radius 3 is 2.64 bits per heavy atom. The molecule has 0 aliphatic rings. The molecule has 0 unspecified atom stereocenters. The number of hydrogen-bond acceptors (Lipinski definition) is 4. The molecule has 7 heteroatoms. The summed E-state index contributed by atoms with van der Waals surface area (Å²) in [5.74, 6) is 0.944. The minimum absolute atomic E-state index is 0.0485. The van der Waals surface area contributed by atoms with Crippen molar-refractivity contribution in [1.82, 2.24) is 19.9 Å². The van der Waals surface area contributed by atoms with Crippen molar-refractivity contribution in [2.24, 2.45) is 5.92 Å². The van der Waals surface area contributed by atoms with E-state index in [0.29, 0.717) is 35.9 Å². The number of fused-ring (bicyclic) bond motifs is 1. The average molecular weight is 463 g/mol. The predicted molar refractivity (Wildman–Crippen MR) is 131 cm³/mol. The monoisotopic (exact) mass is 462 g/mol. The first-order valence-electron chi connectivity index (χ1n) is 11.1. The summed E-state index contributed by atoms with van der Waals surface area (Å²) in [6.45, 7) is 5.32. The van der Waals surface area contributed by atoms with Gasteiger partial charge in [-0.25, -0.2) is 14.4 Å². The molecule has 2 heterocycles. The lowest BCUT2D eigenvalue weighted by molar-refractivity contribution is 0.0952. The molecule has 0 saturated carbocycles. The zero-order chi connectivity index (χ0) is 23.2. The molecule has 0 bridgehead atoms. The number of carbonyl (C=O) groups is 1. The van der Waals surface area contributed by atoms with Gasteiger partial charge in [0.05, 0.1) is 6.54 Å². The van der Waals surface area contributed by atoms with Crippen molar-refractivity contribution in [2.75, 3.05) is 6.54 Å². The van der Waals surface area contributed by atoms with E-state index in [0.717, 1.165) is 28.3 Å². The molecular weight excluding hydrogens is 435 g/mol. The Morgan fingerprint density at radius 2 is 1.88 bits per heavy atom. The van der Waals surface area contributed by atoms with E-state index in [-0.39, 0.29) is 11.7 Å². The number of hydrogen-bond donors (Lipinski definition) is 1. The highest BCUT2D eigenvalue weighted by Gasteiger charge is 2.14. The minimum atomic E-state index is -0.242. The Kier molecular flexibility index (Phi) is 7.40. The molecule has 1 N–H and O–H groups in total. The maximum absolute atomic E-state index is 14.3. The first-order chi connectivity index (χ1) is 16.0. The lowest BCUT2D eigenvalue weighted by atomic mass is 10.1. The maximum Gasteiger partial charge on any atom is 0.251 e. The lowest BCUT2D eigenvalue weighted by Crippen LogP contribution is -2.25. The van der Waals surface area contributed by atoms with Crippen LogP contribution in [0.25, 0.3) is 11.2 Å². The number of amides is 1. The van der Waals surface area contributed by atoms with Gasteiger partial charge in [0.1, 0.15) is 11.3 Å². The third-order valence-corrected chi connectivity index (χ3v) is 6.39. The molecule has 0 saturated heterocycles. The van der Waals surface area contributed by atoms with Gasteiger partial charge in [-0.2, -0.15) is 0 Å². The smallest absolute Gasteiger partial charge is 0.251 e. The van der Waals surface area contributed by atoms with Crippen molar-refractivity contribution in [3.05, 3.63) is 89.4 Å². The normalized spacial score (nSPS) is 11.3. The van der Waals surface area contributed by atoms with Crippen molar-refractivity contribution in [3.8, 4) is 0 Å². The number of nitrogens with zero attached hydrogens (tertiary/aromatic N) is 3. The fourth-order valence-electron chi connectivity index (χ4n) is 3.46. The van der Waals surface area contributed by atoms with E-state index in [2.05, 4.69) is 24.1 Å². The highest BCUT2D eigenvalue weighted by atomic mass is 32.2. The lowest BCUT2D eigenvalue weighted by Gasteiger charge is -2.10. The molecular formula is C26H27FN4OS. The Bertz CT molecular complexity index is 1240. The number of benzene rings is 2. The SMILES string of the molecule is CC(C)CCNC(=O)c1ccc(CSc2nc3cccnc3n2Cc2ccccc2F)cc1. The number of pyridine rings is 1. The van der Waals surface area contributed by atoms with Crippen molar-refractivity contribution in [3.63, 3.8) is 0 Å². The number of imidazole rings is 1. The van der Waals surface area contributed by atoms with E-state index in [1.807, 2.05) is 47.0 Å². The summed E-state index contributed by atoms with van der Waals surface area (Å²) in [7, 11) is 0. The number of carbonyl (C=O) groups excluding carboxylic acids is 1. The summed E-state index contributed by atoms with van der Waals surface area (Å²) >= 11 is 1.57. The van der Waals surface area contributed by atoms with Crippen LogP contribution in [0.5, 0.6) is 0 Å². The van der Waals surface area contributed by atoms with Crippen LogP contribution < -0.4 is 5.32 Å². The first kappa shape index (κ1) is 23.0. The average Bonchev–Trinajstić information content (AvgIpc) is 3.16. The summed E-state index contributed by atoms with van der Waals surface area (Å²) in [6, 6.07) is 18.2. The second-order valence-electron chi connectivity index (χ2n) is 8.34. The second-order valence-corrected chi connectivity index (χ2v) is 9.28. The van der Waals surface area contributed by atoms with E-state index in [1.165, 1.54) is 6.07 Å². The summed E-state index contributed by atoms with van der Waals surface area (Å²) in [5, 5.41) is 3.74. The number of rotatable bonds is 9. The van der Waals surface area contributed by atoms with Gasteiger partial charge in [-0.3, -0.25) is 9.36 Å². The maximum atomic E-state index is 14.3. The Morgan fingerprint density at radius 1 is 1.09 bits per heavy atom. The topological polar surface area (TPSA) is 59.8 Å². The van der Waals surface area contributed by atoms with Crippen molar-refractivity contribution in [2.45, 2.75) is 37.7 Å². The number of aromatic nitrogens is 3. The molecule has 170 valence electrons. The van der Waals surface area contributed by atoms with E-state index >= 15 is 0 Å². The zero-order valence-electron chi connectivity index (χ0n) is 18.8. The molecule has 0 atom stereocenters. The van der Waals surface area contributed by atoms with Crippen LogP contribution in [0.2, 0.25) is 0 Å². The van der Waals surface area contributed by atoms with Gasteiger partial charge in [-0.15, -0.1) is 0 Å². The molecule has 0 aliphatic heterocycles. The third-order valence-electron chi connectivity index (χ3n) is 5.35. The quantitative estimate of drug-likeness (QED) is 0.325. The number of thioether (sulfide) groups is 1. The Balaban J connectivity index is 1.47. The van der Waals surface area contributed by atoms with Crippen LogP contribution in [0.4, 0.5) is 4.39 Å². The summed E-state index contributed by atoms with van der Waals surface area (Å²) in [5.41, 5.74) is 3.85. The van der Waals surface area contributed by atoms with Gasteiger partial charge in [0.2, 0.25) is 0 Å². The van der Waals surface area contributed by atoms with Gasteiger partial charge in [0.25, 0.3) is 5.91 Å². The fourth-order valence-corrected chi connectivity index (χ4v) is 4.42. The number of nitrogens with one attached hydrogen (secondary N) is 1. The summed E-state index contributed by atoms with van der Waals surface area (Å²) < 4.78 is 16.2. The van der Waals surface area contributed by atoms with Gasteiger partial charge >= 0.3 is 0 Å². The molecule has 2 aromatic heterocycles. The first-order valence-corrected chi connectivity index (χ1v) is 12.0. The fraction of sp³-hybridized carbons (Fsp3) is 0.269. The molecule has 0 spiro atoms. The van der Waals surface area contributed by atoms with Crippen LogP contribution in [0.15, 0.2) is 72.0 Å². The van der Waals surface area contributed by atoms with E-state index in [9.17, 15) is 9.18 Å². The van der Waals surface area contributed by atoms with Gasteiger partial charge < -0.3 is 5.32 Å². The molecule has 0 fully saturated rings. The van der Waals surface area contributed by atoms with Crippen LogP contribution in [0.3, 0.4) is 0 Å². The largest absolute Gasteiger partial charge is 0.352 e. The van der Waals surface area contributed by atoms with Crippen molar-refractivity contribution >= 4 is 28.8 Å². The predicted octanol–water partition coefficient (Wildman–Crippen LogP) is 5.69. The van der Waals surface area contributed by atoms with Crippen molar-refractivity contribution < 1.29 is 9.18 Å². The third kappa shape index (κ3) is 5.79. The zero-order valence-corrected chi connectivity index (χ0v) is 19.6. The van der Waals surface area contributed by atoms with Crippen LogP contribution in [-0.4, -0.2) is 27.0 Å². The molecule has 2 aromatic carbocycles. The van der Waals surface area contributed by atoms with Crippen LogP contribution in [0, 0.1) is 11.7 Å². The second kappa shape index (κ2) is 10.6. The highest BCUT2D eigenvalue weighted by Crippen LogP contribution is 2.27. The van der Waals surface area contributed by atoms with Gasteiger partial charge in [-0.1, -0.05) is 55.9 Å². The van der Waals surface area contributed by atoms with Gasteiger partial charge in [0, 0.05) is 29.6 Å². The van der Waals surface area contributed by atoms with Crippen LogP contribution >= 0.6 is 11.8 Å². The van der Waals surface area contributed by atoms with E-state index in [1.54, 1.807) is 30.1 Å². The Labute approximate surface area is 197 Å². The number of halogens is 1. The van der Waals surface area contributed by atoms with Crippen molar-refractivity contribution in [1.29, 1.82) is 0 Å². The molecule has 33 heavy (non-hydrogen) atoms. The highest BCUT2D eigenvalue weighted by molar-refractivity contribution is 7.98. The minimum Gasteiger partial charge on any atom is -0.352 e. The van der Waals surface area contributed by atoms with Crippen LogP contribution in [-0.2, 0) is 12.3 Å². The molecule has 4 rings (SSSR count). The molecule has 0 aliphatic carbocycles. The molecule has 5 nitrogen and oxygen atoms in total. The summed E-state index contributed by atoms with van der Waals surface area (Å²) in [6.07, 6.45) is 2.68. The van der Waals surface area contributed by atoms with E-state index in [4.69, 9.17) is 4.98 Å². The molecule has 4 aromatic rings. The summed E-state index contributed by atoms with van der Waals surface area (Å²) in [4.78, 5) is 21.5. The molecule has 1 amide bonds. The molecule has 0 radical (unpaired) electrons.